The second kappa shape index (κ2) is 6.31. The van der Waals surface area contributed by atoms with Crippen molar-refractivity contribution in [1.82, 2.24) is 9.97 Å². The Morgan fingerprint density at radius 3 is 2.24 bits per heavy atom. The molecule has 1 aromatic carbocycles. The molecule has 0 spiro atoms. The number of hydrogen-bond acceptors (Lipinski definition) is 4. The van der Waals surface area contributed by atoms with Gasteiger partial charge in [0.15, 0.2) is 0 Å². The van der Waals surface area contributed by atoms with Crippen molar-refractivity contribution in [2.45, 2.75) is 32.7 Å². The largest absolute Gasteiger partial charge is 0.373 e. The number of rotatable bonds is 4. The molecule has 0 aliphatic heterocycles. The van der Waals surface area contributed by atoms with Gasteiger partial charge in [-0.15, -0.1) is 0 Å². The van der Waals surface area contributed by atoms with Gasteiger partial charge in [-0.3, -0.25) is 0 Å². The quantitative estimate of drug-likeness (QED) is 0.893. The summed E-state index contributed by atoms with van der Waals surface area (Å²) in [6.45, 7) is 7.00. The second-order valence-electron chi connectivity index (χ2n) is 5.94. The smallest absolute Gasteiger partial charge is 0.138 e. The third kappa shape index (κ3) is 4.33. The van der Waals surface area contributed by atoms with Crippen molar-refractivity contribution in [3.63, 3.8) is 0 Å². The number of halogens is 1. The number of hydrogen-bond donors (Lipinski definition) is 2. The normalized spacial score (nSPS) is 11.3. The van der Waals surface area contributed by atoms with Gasteiger partial charge in [0.05, 0.1) is 0 Å². The maximum Gasteiger partial charge on any atom is 0.138 e. The van der Waals surface area contributed by atoms with Crippen LogP contribution in [-0.4, -0.2) is 17.0 Å². The molecule has 2 aromatic rings. The molecular weight excluding hydrogens is 284 g/mol. The molecule has 21 heavy (non-hydrogen) atoms. The van der Waals surface area contributed by atoms with E-state index in [1.807, 2.05) is 37.4 Å². The molecule has 2 rings (SSSR count). The van der Waals surface area contributed by atoms with Crippen molar-refractivity contribution in [2.75, 3.05) is 17.7 Å². The summed E-state index contributed by atoms with van der Waals surface area (Å²) in [4.78, 5) is 9.11. The summed E-state index contributed by atoms with van der Waals surface area (Å²) in [6, 6.07) is 9.68. The van der Waals surface area contributed by atoms with Crippen molar-refractivity contribution in [3.8, 4) is 0 Å². The molecule has 0 saturated carbocycles. The van der Waals surface area contributed by atoms with Crippen LogP contribution in [0.4, 0.5) is 11.6 Å². The standard InChI is InChI=1S/C16H21ClN4/c1-16(2,3)15-20-13(18-4)9-14(21-15)19-10-11-5-7-12(17)8-6-11/h5-9H,10H2,1-4H3,(H2,18,19,20,21). The molecule has 0 saturated heterocycles. The molecule has 4 nitrogen and oxygen atoms in total. The van der Waals surface area contributed by atoms with Gasteiger partial charge >= 0.3 is 0 Å². The molecule has 1 heterocycles. The lowest BCUT2D eigenvalue weighted by Gasteiger charge is -2.19. The summed E-state index contributed by atoms with van der Waals surface area (Å²) >= 11 is 5.89. The topological polar surface area (TPSA) is 49.8 Å². The van der Waals surface area contributed by atoms with E-state index in [-0.39, 0.29) is 5.41 Å². The Labute approximate surface area is 131 Å². The zero-order valence-electron chi connectivity index (χ0n) is 12.9. The summed E-state index contributed by atoms with van der Waals surface area (Å²) in [7, 11) is 1.86. The Morgan fingerprint density at radius 1 is 1.05 bits per heavy atom. The summed E-state index contributed by atoms with van der Waals surface area (Å²) in [5.41, 5.74) is 1.06. The fraction of sp³-hybridized carbons (Fsp3) is 0.375. The van der Waals surface area contributed by atoms with Crippen LogP contribution < -0.4 is 10.6 Å². The van der Waals surface area contributed by atoms with Gasteiger partial charge < -0.3 is 10.6 Å². The average Bonchev–Trinajstić information content (AvgIpc) is 2.45. The number of nitrogens with zero attached hydrogens (tertiary/aromatic N) is 2. The van der Waals surface area contributed by atoms with Crippen molar-refractivity contribution in [2.24, 2.45) is 0 Å². The van der Waals surface area contributed by atoms with Gasteiger partial charge in [0.2, 0.25) is 0 Å². The highest BCUT2D eigenvalue weighted by Crippen LogP contribution is 2.22. The minimum Gasteiger partial charge on any atom is -0.373 e. The molecule has 0 atom stereocenters. The van der Waals surface area contributed by atoms with Crippen LogP contribution in [0.15, 0.2) is 30.3 Å². The third-order valence-electron chi connectivity index (χ3n) is 3.04. The van der Waals surface area contributed by atoms with Crippen LogP contribution >= 0.6 is 11.6 Å². The first-order valence-electron chi connectivity index (χ1n) is 6.94. The fourth-order valence-corrected chi connectivity index (χ4v) is 1.92. The van der Waals surface area contributed by atoms with Crippen LogP contribution in [0.5, 0.6) is 0 Å². The van der Waals surface area contributed by atoms with Gasteiger partial charge in [0, 0.05) is 30.1 Å². The molecule has 1 aromatic heterocycles. The Balaban J connectivity index is 2.17. The zero-order valence-corrected chi connectivity index (χ0v) is 13.6. The van der Waals surface area contributed by atoms with Crippen LogP contribution in [0.2, 0.25) is 5.02 Å². The molecule has 0 aliphatic carbocycles. The van der Waals surface area contributed by atoms with Crippen LogP contribution in [0.3, 0.4) is 0 Å². The third-order valence-corrected chi connectivity index (χ3v) is 3.29. The van der Waals surface area contributed by atoms with E-state index in [1.54, 1.807) is 0 Å². The van der Waals surface area contributed by atoms with E-state index < -0.39 is 0 Å². The molecule has 0 fully saturated rings. The summed E-state index contributed by atoms with van der Waals surface area (Å²) in [6.07, 6.45) is 0. The highest BCUT2D eigenvalue weighted by Gasteiger charge is 2.18. The monoisotopic (exact) mass is 304 g/mol. The van der Waals surface area contributed by atoms with Crippen molar-refractivity contribution < 1.29 is 0 Å². The predicted molar refractivity (Wildman–Crippen MR) is 89.1 cm³/mol. The Kier molecular flexibility index (Phi) is 4.68. The van der Waals surface area contributed by atoms with Gasteiger partial charge in [-0.1, -0.05) is 44.5 Å². The van der Waals surface area contributed by atoms with E-state index >= 15 is 0 Å². The van der Waals surface area contributed by atoms with Crippen molar-refractivity contribution >= 4 is 23.2 Å². The van der Waals surface area contributed by atoms with Crippen LogP contribution in [0.25, 0.3) is 0 Å². The fourth-order valence-electron chi connectivity index (χ4n) is 1.80. The first kappa shape index (κ1) is 15.6. The second-order valence-corrected chi connectivity index (χ2v) is 6.38. The molecule has 5 heteroatoms. The average molecular weight is 305 g/mol. The SMILES string of the molecule is CNc1cc(NCc2ccc(Cl)cc2)nc(C(C)(C)C)n1. The number of anilines is 2. The van der Waals surface area contributed by atoms with E-state index in [0.29, 0.717) is 6.54 Å². The number of aromatic nitrogens is 2. The van der Waals surface area contributed by atoms with Gasteiger partial charge in [0.25, 0.3) is 0 Å². The Hall–Kier alpha value is -1.81. The van der Waals surface area contributed by atoms with E-state index in [9.17, 15) is 0 Å². The molecule has 112 valence electrons. The van der Waals surface area contributed by atoms with E-state index in [0.717, 1.165) is 28.0 Å². The molecule has 0 bridgehead atoms. The van der Waals surface area contributed by atoms with E-state index in [1.165, 1.54) is 0 Å². The Bertz CT molecular complexity index is 603. The summed E-state index contributed by atoms with van der Waals surface area (Å²) in [5.74, 6) is 2.44. The minimum atomic E-state index is -0.0937. The van der Waals surface area contributed by atoms with E-state index in [4.69, 9.17) is 11.6 Å². The molecule has 0 amide bonds. The van der Waals surface area contributed by atoms with Gasteiger partial charge in [-0.05, 0) is 17.7 Å². The van der Waals surface area contributed by atoms with Crippen molar-refractivity contribution in [3.05, 3.63) is 46.7 Å². The van der Waals surface area contributed by atoms with E-state index in [2.05, 4.69) is 41.4 Å². The minimum absolute atomic E-state index is 0.0937. The molecule has 0 aliphatic rings. The lowest BCUT2D eigenvalue weighted by molar-refractivity contribution is 0.546. The predicted octanol–water partition coefficient (Wildman–Crippen LogP) is 4.08. The van der Waals surface area contributed by atoms with Gasteiger partial charge in [0.1, 0.15) is 17.5 Å². The van der Waals surface area contributed by atoms with Gasteiger partial charge in [-0.2, -0.15) is 0 Å². The van der Waals surface area contributed by atoms with Crippen LogP contribution in [-0.2, 0) is 12.0 Å². The highest BCUT2D eigenvalue weighted by atomic mass is 35.5. The summed E-state index contributed by atoms with van der Waals surface area (Å²) in [5, 5.41) is 7.15. The first-order chi connectivity index (χ1) is 9.88. The zero-order chi connectivity index (χ0) is 15.5. The van der Waals surface area contributed by atoms with Gasteiger partial charge in [-0.25, -0.2) is 9.97 Å². The molecule has 2 N–H and O–H groups in total. The number of nitrogens with one attached hydrogen (secondary N) is 2. The Morgan fingerprint density at radius 2 is 1.67 bits per heavy atom. The summed E-state index contributed by atoms with van der Waals surface area (Å²) < 4.78 is 0. The van der Waals surface area contributed by atoms with Crippen LogP contribution in [0, 0.1) is 0 Å². The molecule has 0 unspecified atom stereocenters. The highest BCUT2D eigenvalue weighted by molar-refractivity contribution is 6.30. The first-order valence-corrected chi connectivity index (χ1v) is 7.32. The molecule has 0 radical (unpaired) electrons. The molecular formula is C16H21ClN4. The lowest BCUT2D eigenvalue weighted by atomic mass is 9.96. The lowest BCUT2D eigenvalue weighted by Crippen LogP contribution is -2.18. The maximum atomic E-state index is 5.89. The maximum absolute atomic E-state index is 5.89. The van der Waals surface area contributed by atoms with Crippen molar-refractivity contribution in [1.29, 1.82) is 0 Å². The van der Waals surface area contributed by atoms with Crippen LogP contribution in [0.1, 0.15) is 32.2 Å². The number of benzene rings is 1.